The van der Waals surface area contributed by atoms with Gasteiger partial charge in [0.2, 0.25) is 0 Å². The monoisotopic (exact) mass is 248 g/mol. The van der Waals surface area contributed by atoms with E-state index in [2.05, 4.69) is 55.9 Å². The number of nitrogens with one attached hydrogen (secondary N) is 2. The molecule has 1 fully saturated rings. The predicted octanol–water partition coefficient (Wildman–Crippen LogP) is 1.98. The van der Waals surface area contributed by atoms with Gasteiger partial charge in [-0.25, -0.2) is 10.9 Å². The summed E-state index contributed by atoms with van der Waals surface area (Å²) in [5.74, 6) is -0.809. The zero-order valence-corrected chi connectivity index (χ0v) is 11.0. The number of carboxylic acid groups (broad SMARTS) is 1. The van der Waals surface area contributed by atoms with Crippen molar-refractivity contribution in [3.63, 3.8) is 0 Å². The molecule has 1 aromatic rings. The van der Waals surface area contributed by atoms with Crippen LogP contribution in [0.25, 0.3) is 0 Å². The first kappa shape index (κ1) is 13.1. The summed E-state index contributed by atoms with van der Waals surface area (Å²) in [5, 5.41) is 8.93. The average molecular weight is 248 g/mol. The standard InChI is InChI=1S/C14H20N2O2/c1-14(2,3)10-6-4-9(5-7-10)11-8-12(13(17)18)16-15-11/h4-7,11-12,15-16H,8H2,1-3H3,(H,17,18). The maximum atomic E-state index is 10.9. The Morgan fingerprint density at radius 2 is 1.83 bits per heavy atom. The summed E-state index contributed by atoms with van der Waals surface area (Å²) in [4.78, 5) is 10.9. The van der Waals surface area contributed by atoms with E-state index in [1.807, 2.05) is 0 Å². The molecule has 1 aromatic carbocycles. The molecule has 2 atom stereocenters. The van der Waals surface area contributed by atoms with Crippen LogP contribution in [0.5, 0.6) is 0 Å². The second kappa shape index (κ2) is 4.71. The molecular formula is C14H20N2O2. The van der Waals surface area contributed by atoms with E-state index in [-0.39, 0.29) is 11.5 Å². The first-order valence-electron chi connectivity index (χ1n) is 6.22. The van der Waals surface area contributed by atoms with E-state index < -0.39 is 12.0 Å². The van der Waals surface area contributed by atoms with Crippen LogP contribution in [-0.2, 0) is 10.2 Å². The highest BCUT2D eigenvalue weighted by Crippen LogP contribution is 2.26. The molecule has 2 rings (SSSR count). The van der Waals surface area contributed by atoms with Gasteiger partial charge in [-0.05, 0) is 23.0 Å². The molecule has 0 bridgehead atoms. The summed E-state index contributed by atoms with van der Waals surface area (Å²) in [5.41, 5.74) is 8.38. The Kier molecular flexibility index (Phi) is 3.41. The molecule has 0 amide bonds. The van der Waals surface area contributed by atoms with Gasteiger partial charge in [-0.3, -0.25) is 4.79 Å². The van der Waals surface area contributed by atoms with Gasteiger partial charge >= 0.3 is 5.97 Å². The third kappa shape index (κ3) is 2.71. The molecule has 4 nitrogen and oxygen atoms in total. The van der Waals surface area contributed by atoms with E-state index in [1.165, 1.54) is 5.56 Å². The number of hydrogen-bond donors (Lipinski definition) is 3. The van der Waals surface area contributed by atoms with Crippen LogP contribution in [-0.4, -0.2) is 17.1 Å². The molecule has 0 radical (unpaired) electrons. The molecule has 0 aliphatic carbocycles. The van der Waals surface area contributed by atoms with E-state index >= 15 is 0 Å². The Labute approximate surface area is 107 Å². The highest BCUT2D eigenvalue weighted by atomic mass is 16.4. The first-order chi connectivity index (χ1) is 8.38. The Hall–Kier alpha value is -1.39. The van der Waals surface area contributed by atoms with Crippen LogP contribution in [0, 0.1) is 0 Å². The van der Waals surface area contributed by atoms with E-state index in [4.69, 9.17) is 5.11 Å². The molecule has 4 heteroatoms. The molecule has 0 saturated carbocycles. The third-order valence-corrected chi connectivity index (χ3v) is 3.38. The number of hydrazine groups is 1. The molecule has 0 spiro atoms. The molecule has 3 N–H and O–H groups in total. The van der Waals surface area contributed by atoms with Gasteiger partial charge in [0.1, 0.15) is 6.04 Å². The number of carbonyl (C=O) groups is 1. The molecule has 1 heterocycles. The molecule has 1 saturated heterocycles. The molecule has 1 aliphatic heterocycles. The topological polar surface area (TPSA) is 61.4 Å². The molecular weight excluding hydrogens is 228 g/mol. The minimum Gasteiger partial charge on any atom is -0.480 e. The molecule has 98 valence electrons. The van der Waals surface area contributed by atoms with Gasteiger partial charge in [-0.15, -0.1) is 0 Å². The molecule has 0 aromatic heterocycles. The lowest BCUT2D eigenvalue weighted by Gasteiger charge is -2.20. The maximum Gasteiger partial charge on any atom is 0.322 e. The van der Waals surface area contributed by atoms with E-state index in [1.54, 1.807) is 0 Å². The predicted molar refractivity (Wildman–Crippen MR) is 70.2 cm³/mol. The van der Waals surface area contributed by atoms with Crippen molar-refractivity contribution >= 4 is 5.97 Å². The zero-order valence-electron chi connectivity index (χ0n) is 11.0. The molecule has 1 aliphatic rings. The van der Waals surface area contributed by atoms with Gasteiger partial charge in [0.05, 0.1) is 0 Å². The van der Waals surface area contributed by atoms with Crippen LogP contribution in [0.4, 0.5) is 0 Å². The lowest BCUT2D eigenvalue weighted by atomic mass is 9.86. The highest BCUT2D eigenvalue weighted by molar-refractivity contribution is 5.73. The van der Waals surface area contributed by atoms with Crippen molar-refractivity contribution in [3.8, 4) is 0 Å². The summed E-state index contributed by atoms with van der Waals surface area (Å²) < 4.78 is 0. The van der Waals surface area contributed by atoms with Crippen LogP contribution in [0.1, 0.15) is 44.4 Å². The van der Waals surface area contributed by atoms with Crippen LogP contribution < -0.4 is 10.9 Å². The van der Waals surface area contributed by atoms with Crippen molar-refractivity contribution in [2.45, 2.75) is 44.7 Å². The number of rotatable bonds is 2. The SMILES string of the molecule is CC(C)(C)c1ccc(C2CC(C(=O)O)NN2)cc1. The Bertz CT molecular complexity index is 434. The fraction of sp³-hybridized carbons (Fsp3) is 0.500. The van der Waals surface area contributed by atoms with Crippen LogP contribution in [0.15, 0.2) is 24.3 Å². The average Bonchev–Trinajstić information content (AvgIpc) is 2.77. The largest absolute Gasteiger partial charge is 0.480 e. The third-order valence-electron chi connectivity index (χ3n) is 3.38. The van der Waals surface area contributed by atoms with Crippen molar-refractivity contribution in [2.75, 3.05) is 0 Å². The van der Waals surface area contributed by atoms with Gasteiger partial charge < -0.3 is 5.11 Å². The number of hydrogen-bond acceptors (Lipinski definition) is 3. The highest BCUT2D eigenvalue weighted by Gasteiger charge is 2.29. The summed E-state index contributed by atoms with van der Waals surface area (Å²) in [6.45, 7) is 6.54. The number of benzene rings is 1. The molecule has 18 heavy (non-hydrogen) atoms. The van der Waals surface area contributed by atoms with Crippen molar-refractivity contribution in [3.05, 3.63) is 35.4 Å². The summed E-state index contributed by atoms with van der Waals surface area (Å²) in [7, 11) is 0. The summed E-state index contributed by atoms with van der Waals surface area (Å²) in [6, 6.07) is 7.95. The zero-order chi connectivity index (χ0) is 13.3. The smallest absolute Gasteiger partial charge is 0.322 e. The lowest BCUT2D eigenvalue weighted by molar-refractivity contribution is -0.139. The second-order valence-electron chi connectivity index (χ2n) is 5.84. The normalized spacial score (nSPS) is 24.2. The lowest BCUT2D eigenvalue weighted by Crippen LogP contribution is -2.36. The van der Waals surface area contributed by atoms with Gasteiger partial charge in [-0.1, -0.05) is 45.0 Å². The summed E-state index contributed by atoms with van der Waals surface area (Å²) >= 11 is 0. The number of aliphatic carboxylic acids is 1. The van der Waals surface area contributed by atoms with Gasteiger partial charge in [-0.2, -0.15) is 0 Å². The summed E-state index contributed by atoms with van der Waals surface area (Å²) in [6.07, 6.45) is 0.574. The van der Waals surface area contributed by atoms with E-state index in [0.29, 0.717) is 6.42 Å². The van der Waals surface area contributed by atoms with Crippen molar-refractivity contribution < 1.29 is 9.90 Å². The van der Waals surface area contributed by atoms with E-state index in [0.717, 1.165) is 5.56 Å². The Morgan fingerprint density at radius 3 is 2.28 bits per heavy atom. The first-order valence-corrected chi connectivity index (χ1v) is 6.22. The van der Waals surface area contributed by atoms with Gasteiger partial charge in [0.25, 0.3) is 0 Å². The number of carboxylic acids is 1. The Morgan fingerprint density at radius 1 is 1.22 bits per heavy atom. The van der Waals surface area contributed by atoms with Crippen molar-refractivity contribution in [2.24, 2.45) is 0 Å². The Balaban J connectivity index is 2.10. The fourth-order valence-electron chi connectivity index (χ4n) is 2.15. The van der Waals surface area contributed by atoms with E-state index in [9.17, 15) is 4.79 Å². The van der Waals surface area contributed by atoms with Gasteiger partial charge in [0, 0.05) is 6.04 Å². The molecule has 2 unspecified atom stereocenters. The minimum atomic E-state index is -0.809. The fourth-order valence-corrected chi connectivity index (χ4v) is 2.15. The van der Waals surface area contributed by atoms with Crippen LogP contribution in [0.3, 0.4) is 0 Å². The quantitative estimate of drug-likeness (QED) is 0.749. The second-order valence-corrected chi connectivity index (χ2v) is 5.84. The van der Waals surface area contributed by atoms with Crippen LogP contribution in [0.2, 0.25) is 0 Å². The maximum absolute atomic E-state index is 10.9. The van der Waals surface area contributed by atoms with Gasteiger partial charge in [0.15, 0.2) is 0 Å². The van der Waals surface area contributed by atoms with Crippen molar-refractivity contribution in [1.82, 2.24) is 10.9 Å². The van der Waals surface area contributed by atoms with Crippen LogP contribution >= 0.6 is 0 Å². The van der Waals surface area contributed by atoms with Crippen molar-refractivity contribution in [1.29, 1.82) is 0 Å². The minimum absolute atomic E-state index is 0.0696.